The number of carbonyl (C=O) groups excluding carboxylic acids is 1. The van der Waals surface area contributed by atoms with Crippen molar-refractivity contribution < 1.29 is 18.0 Å². The molecule has 3 nitrogen and oxygen atoms in total. The lowest BCUT2D eigenvalue weighted by Crippen LogP contribution is -2.08. The molecule has 0 spiro atoms. The average molecular weight is 366 g/mol. The van der Waals surface area contributed by atoms with E-state index in [1.807, 2.05) is 22.6 Å². The van der Waals surface area contributed by atoms with E-state index in [9.17, 15) is 18.0 Å². The van der Waals surface area contributed by atoms with Gasteiger partial charge in [-0.05, 0) is 40.8 Å². The molecule has 0 radical (unpaired) electrons. The van der Waals surface area contributed by atoms with Gasteiger partial charge in [0.2, 0.25) is 0 Å². The van der Waals surface area contributed by atoms with Crippen LogP contribution in [0.4, 0.5) is 13.2 Å². The van der Waals surface area contributed by atoms with Gasteiger partial charge in [-0.15, -0.1) is 0 Å². The molecule has 0 unspecified atom stereocenters. The van der Waals surface area contributed by atoms with E-state index in [1.165, 1.54) is 12.3 Å². The lowest BCUT2D eigenvalue weighted by Gasteiger charge is -2.11. The average Bonchev–Trinajstić information content (AvgIpc) is 2.76. The maximum atomic E-state index is 12.9. The highest BCUT2D eigenvalue weighted by atomic mass is 127. The van der Waals surface area contributed by atoms with E-state index < -0.39 is 11.7 Å². The zero-order valence-electron chi connectivity index (χ0n) is 8.75. The third kappa shape index (κ3) is 2.55. The van der Waals surface area contributed by atoms with Gasteiger partial charge < -0.3 is 4.98 Å². The zero-order chi connectivity index (χ0) is 13.3. The number of nitrogens with one attached hydrogen (secondary N) is 1. The second-order valence-electron chi connectivity index (χ2n) is 3.49. The highest BCUT2D eigenvalue weighted by Gasteiger charge is 2.34. The van der Waals surface area contributed by atoms with Gasteiger partial charge in [-0.2, -0.15) is 13.2 Å². The number of halogens is 4. The first-order chi connectivity index (χ1) is 8.41. The molecule has 0 saturated heterocycles. The van der Waals surface area contributed by atoms with Gasteiger partial charge in [-0.3, -0.25) is 4.79 Å². The molecule has 1 aromatic heterocycles. The van der Waals surface area contributed by atoms with Gasteiger partial charge in [0, 0.05) is 9.13 Å². The molecule has 0 fully saturated rings. The molecule has 0 bridgehead atoms. The number of H-pyrrole nitrogens is 1. The number of carbonyl (C=O) groups is 1. The summed E-state index contributed by atoms with van der Waals surface area (Å²) < 4.78 is 39.1. The highest BCUT2D eigenvalue weighted by Crippen LogP contribution is 2.36. The van der Waals surface area contributed by atoms with Gasteiger partial charge in [-0.25, -0.2) is 4.98 Å². The molecule has 1 aromatic carbocycles. The van der Waals surface area contributed by atoms with E-state index in [0.717, 1.165) is 6.07 Å². The van der Waals surface area contributed by atoms with Crippen LogP contribution < -0.4 is 0 Å². The van der Waals surface area contributed by atoms with Crippen LogP contribution in [0.2, 0.25) is 0 Å². The molecule has 0 amide bonds. The smallest absolute Gasteiger partial charge is 0.336 e. The quantitative estimate of drug-likeness (QED) is 0.653. The molecule has 0 aliphatic carbocycles. The van der Waals surface area contributed by atoms with Crippen molar-refractivity contribution in [3.05, 3.63) is 39.2 Å². The van der Waals surface area contributed by atoms with Crippen molar-refractivity contribution in [2.75, 3.05) is 0 Å². The summed E-state index contributed by atoms with van der Waals surface area (Å²) in [5, 5.41) is 0. The van der Waals surface area contributed by atoms with E-state index in [4.69, 9.17) is 0 Å². The van der Waals surface area contributed by atoms with E-state index >= 15 is 0 Å². The molecule has 18 heavy (non-hydrogen) atoms. The number of benzene rings is 1. The predicted octanol–water partition coefficient (Wildman–Crippen LogP) is 3.51. The molecule has 2 aromatic rings. The first-order valence-electron chi connectivity index (χ1n) is 4.79. The Morgan fingerprint density at radius 1 is 1.33 bits per heavy atom. The number of nitrogens with zero attached hydrogens (tertiary/aromatic N) is 1. The second kappa shape index (κ2) is 4.71. The summed E-state index contributed by atoms with van der Waals surface area (Å²) in [5.74, 6) is 0.0285. The first-order valence-corrected chi connectivity index (χ1v) is 5.87. The molecule has 1 N–H and O–H groups in total. The lowest BCUT2D eigenvalue weighted by molar-refractivity contribution is -0.137. The monoisotopic (exact) mass is 366 g/mol. The topological polar surface area (TPSA) is 45.8 Å². The number of imidazole rings is 1. The molecule has 0 aliphatic rings. The Labute approximate surface area is 114 Å². The van der Waals surface area contributed by atoms with Crippen LogP contribution in [0.15, 0.2) is 24.4 Å². The molecule has 94 valence electrons. The second-order valence-corrected chi connectivity index (χ2v) is 4.74. The largest absolute Gasteiger partial charge is 0.417 e. The molecule has 2 rings (SSSR count). The molecule has 0 atom stereocenters. The van der Waals surface area contributed by atoms with Crippen molar-refractivity contribution in [2.45, 2.75) is 6.18 Å². The molecule has 0 aliphatic heterocycles. The van der Waals surface area contributed by atoms with Crippen LogP contribution in [-0.2, 0) is 6.18 Å². The fourth-order valence-corrected chi connectivity index (χ4v) is 1.98. The third-order valence-corrected chi connectivity index (χ3v) is 2.94. The van der Waals surface area contributed by atoms with Crippen molar-refractivity contribution in [3.63, 3.8) is 0 Å². The normalized spacial score (nSPS) is 11.6. The minimum absolute atomic E-state index is 0.0285. The number of hydrogen-bond donors (Lipinski definition) is 1. The zero-order valence-corrected chi connectivity index (χ0v) is 10.9. The third-order valence-electron chi connectivity index (χ3n) is 2.26. The predicted molar refractivity (Wildman–Crippen MR) is 67.1 cm³/mol. The molecule has 7 heteroatoms. The summed E-state index contributed by atoms with van der Waals surface area (Å²) in [6.07, 6.45) is -2.78. The van der Waals surface area contributed by atoms with Crippen LogP contribution in [0.5, 0.6) is 0 Å². The Bertz CT molecular complexity index is 592. The van der Waals surface area contributed by atoms with Crippen LogP contribution in [-0.4, -0.2) is 16.3 Å². The number of alkyl halides is 3. The first kappa shape index (κ1) is 13.1. The Morgan fingerprint density at radius 2 is 2.06 bits per heavy atom. The van der Waals surface area contributed by atoms with Crippen molar-refractivity contribution in [3.8, 4) is 11.4 Å². The Kier molecular flexibility index (Phi) is 3.42. The Hall–Kier alpha value is -1.38. The summed E-state index contributed by atoms with van der Waals surface area (Å²) in [6, 6.07) is 3.92. The standard InChI is InChI=1S/C11H6F3IN2O/c12-11(13,14)9-3-6(15)1-2-8(9)10-16-4-7(5-18)17-10/h1-5H,(H,16,17). The highest BCUT2D eigenvalue weighted by molar-refractivity contribution is 14.1. The van der Waals surface area contributed by atoms with Crippen molar-refractivity contribution in [1.82, 2.24) is 9.97 Å². The fraction of sp³-hybridized carbons (Fsp3) is 0.0909. The van der Waals surface area contributed by atoms with Crippen LogP contribution in [0.25, 0.3) is 11.4 Å². The number of aromatic amines is 1. The molecular weight excluding hydrogens is 360 g/mol. The summed E-state index contributed by atoms with van der Waals surface area (Å²) >= 11 is 1.81. The fourth-order valence-electron chi connectivity index (χ4n) is 1.49. The lowest BCUT2D eigenvalue weighted by atomic mass is 10.1. The maximum absolute atomic E-state index is 12.9. The Balaban J connectivity index is 2.60. The van der Waals surface area contributed by atoms with Crippen LogP contribution >= 0.6 is 22.6 Å². The van der Waals surface area contributed by atoms with Gasteiger partial charge >= 0.3 is 6.18 Å². The summed E-state index contributed by atoms with van der Waals surface area (Å²) in [6.45, 7) is 0. The maximum Gasteiger partial charge on any atom is 0.417 e. The van der Waals surface area contributed by atoms with Crippen LogP contribution in [0.1, 0.15) is 16.1 Å². The minimum Gasteiger partial charge on any atom is -0.336 e. The SMILES string of the molecule is O=Cc1cnc(-c2ccc(I)cc2C(F)(F)F)[nH]1. The van der Waals surface area contributed by atoms with Crippen molar-refractivity contribution in [1.29, 1.82) is 0 Å². The summed E-state index contributed by atoms with van der Waals surface area (Å²) in [4.78, 5) is 16.8. The molecular formula is C11H6F3IN2O. The van der Waals surface area contributed by atoms with Gasteiger partial charge in [-0.1, -0.05) is 0 Å². The number of rotatable bonds is 2. The van der Waals surface area contributed by atoms with Gasteiger partial charge in [0.25, 0.3) is 0 Å². The molecule has 0 saturated carbocycles. The van der Waals surface area contributed by atoms with Gasteiger partial charge in [0.15, 0.2) is 6.29 Å². The van der Waals surface area contributed by atoms with E-state index in [-0.39, 0.29) is 17.1 Å². The van der Waals surface area contributed by atoms with E-state index in [0.29, 0.717) is 9.86 Å². The molecule has 1 heterocycles. The van der Waals surface area contributed by atoms with Crippen molar-refractivity contribution in [2.24, 2.45) is 0 Å². The van der Waals surface area contributed by atoms with E-state index in [2.05, 4.69) is 9.97 Å². The summed E-state index contributed by atoms with van der Waals surface area (Å²) in [7, 11) is 0. The number of hydrogen-bond acceptors (Lipinski definition) is 2. The minimum atomic E-state index is -4.47. The number of aromatic nitrogens is 2. The summed E-state index contributed by atoms with van der Waals surface area (Å²) in [5.41, 5.74) is -0.714. The number of aldehydes is 1. The van der Waals surface area contributed by atoms with Crippen LogP contribution in [0.3, 0.4) is 0 Å². The van der Waals surface area contributed by atoms with Gasteiger partial charge in [0.05, 0.1) is 17.5 Å². The van der Waals surface area contributed by atoms with Crippen molar-refractivity contribution >= 4 is 28.9 Å². The Morgan fingerprint density at radius 3 is 2.61 bits per heavy atom. The van der Waals surface area contributed by atoms with Crippen LogP contribution in [0, 0.1) is 3.57 Å². The van der Waals surface area contributed by atoms with E-state index in [1.54, 1.807) is 6.07 Å². The van der Waals surface area contributed by atoms with Gasteiger partial charge in [0.1, 0.15) is 5.82 Å².